The van der Waals surface area contributed by atoms with E-state index in [1.165, 1.54) is 12.1 Å². The van der Waals surface area contributed by atoms with Crippen molar-refractivity contribution in [1.82, 2.24) is 4.57 Å². The summed E-state index contributed by atoms with van der Waals surface area (Å²) in [4.78, 5) is 12.8. The molecule has 0 fully saturated rings. The normalized spacial score (nSPS) is 14.2. The van der Waals surface area contributed by atoms with Crippen molar-refractivity contribution in [3.8, 4) is 11.5 Å². The van der Waals surface area contributed by atoms with Crippen LogP contribution in [0.5, 0.6) is 11.5 Å². The number of carbonyl (C=O) groups is 1. The fraction of sp³-hybridized carbons (Fsp3) is 0.0800. The minimum atomic E-state index is -0.399. The van der Waals surface area contributed by atoms with Crippen LogP contribution in [-0.2, 0) is 13.7 Å². The fourth-order valence-corrected chi connectivity index (χ4v) is 3.91. The molecule has 0 amide bonds. The van der Waals surface area contributed by atoms with Gasteiger partial charge in [0.2, 0.25) is 5.78 Å². The topological polar surface area (TPSA) is 40.5 Å². The average Bonchev–Trinajstić information content (AvgIpc) is 3.24. The van der Waals surface area contributed by atoms with Crippen molar-refractivity contribution >= 4 is 34.4 Å². The van der Waals surface area contributed by atoms with Gasteiger partial charge in [-0.2, -0.15) is 0 Å². The summed E-state index contributed by atoms with van der Waals surface area (Å²) in [6, 6.07) is 17.2. The highest BCUT2D eigenvalue weighted by molar-refractivity contribution is 6.31. The number of para-hydroxylation sites is 1. The third-order valence-electron chi connectivity index (χ3n) is 5.27. The zero-order chi connectivity index (χ0) is 21.5. The smallest absolute Gasteiger partial charge is 0.231 e. The zero-order valence-electron chi connectivity index (χ0n) is 16.6. The number of ether oxygens (including phenoxy) is 2. The van der Waals surface area contributed by atoms with Crippen LogP contribution in [0.1, 0.15) is 21.5 Å². The average molecular weight is 434 g/mol. The molecule has 1 aromatic heterocycles. The van der Waals surface area contributed by atoms with Gasteiger partial charge in [-0.15, -0.1) is 0 Å². The molecule has 0 spiro atoms. The lowest BCUT2D eigenvalue weighted by Crippen LogP contribution is -1.98. The van der Waals surface area contributed by atoms with Gasteiger partial charge in [0.15, 0.2) is 5.76 Å². The van der Waals surface area contributed by atoms with Gasteiger partial charge in [-0.1, -0.05) is 35.9 Å². The second-order valence-electron chi connectivity index (χ2n) is 7.33. The van der Waals surface area contributed by atoms with Crippen LogP contribution in [0.4, 0.5) is 4.39 Å². The summed E-state index contributed by atoms with van der Waals surface area (Å²) in [5.74, 6) is 0.669. The molecular formula is C25H17ClFNO3. The van der Waals surface area contributed by atoms with Gasteiger partial charge in [0.05, 0.1) is 10.6 Å². The third kappa shape index (κ3) is 3.57. The van der Waals surface area contributed by atoms with Crippen molar-refractivity contribution in [2.75, 3.05) is 0 Å². The van der Waals surface area contributed by atoms with Crippen molar-refractivity contribution in [3.63, 3.8) is 0 Å². The highest BCUT2D eigenvalue weighted by atomic mass is 35.5. The van der Waals surface area contributed by atoms with Crippen molar-refractivity contribution in [2.45, 2.75) is 6.61 Å². The number of Topliss-reactive ketones (excluding diaryl/α,β-unsaturated/α-hetero) is 1. The standard InChI is InChI=1S/C25H17ClFNO3/c1-28-13-16(19-4-2-3-5-22(19)28)10-24-25(29)20-9-8-18(12-23(20)31-24)30-14-15-6-7-17(27)11-21(15)26/h2-13H,14H2,1H3/b24-10-. The Morgan fingerprint density at radius 2 is 1.97 bits per heavy atom. The second-order valence-corrected chi connectivity index (χ2v) is 7.74. The van der Waals surface area contributed by atoms with Crippen molar-refractivity contribution in [1.29, 1.82) is 0 Å². The van der Waals surface area contributed by atoms with Crippen molar-refractivity contribution in [2.24, 2.45) is 7.05 Å². The van der Waals surface area contributed by atoms with Crippen molar-refractivity contribution < 1.29 is 18.7 Å². The summed E-state index contributed by atoms with van der Waals surface area (Å²) in [5.41, 5.74) is 3.14. The highest BCUT2D eigenvalue weighted by Crippen LogP contribution is 2.36. The van der Waals surface area contributed by atoms with E-state index in [2.05, 4.69) is 0 Å². The Morgan fingerprint density at radius 1 is 1.13 bits per heavy atom. The summed E-state index contributed by atoms with van der Waals surface area (Å²) in [7, 11) is 1.97. The quantitative estimate of drug-likeness (QED) is 0.361. The maximum absolute atomic E-state index is 13.2. The first kappa shape index (κ1) is 19.4. The molecular weight excluding hydrogens is 417 g/mol. The SMILES string of the molecule is Cn1cc(/C=C2\Oc3cc(OCc4ccc(F)cc4Cl)ccc3C2=O)c2ccccc21. The number of aromatic nitrogens is 1. The van der Waals surface area contributed by atoms with E-state index in [1.54, 1.807) is 30.3 Å². The Balaban J connectivity index is 1.39. The lowest BCUT2D eigenvalue weighted by Gasteiger charge is -2.08. The number of hydrogen-bond donors (Lipinski definition) is 0. The predicted molar refractivity (Wildman–Crippen MR) is 118 cm³/mol. The maximum atomic E-state index is 13.2. The molecule has 3 aromatic carbocycles. The molecule has 1 aliphatic heterocycles. The summed E-state index contributed by atoms with van der Waals surface area (Å²) in [6.45, 7) is 0.171. The van der Waals surface area contributed by atoms with E-state index in [9.17, 15) is 9.18 Å². The van der Waals surface area contributed by atoms with E-state index >= 15 is 0 Å². The molecule has 6 heteroatoms. The lowest BCUT2D eigenvalue weighted by molar-refractivity contribution is 0.101. The Hall–Kier alpha value is -3.57. The monoisotopic (exact) mass is 433 g/mol. The van der Waals surface area contributed by atoms with Gasteiger partial charge in [-0.3, -0.25) is 4.79 Å². The Kier molecular flexibility index (Phi) is 4.75. The lowest BCUT2D eigenvalue weighted by atomic mass is 10.1. The maximum Gasteiger partial charge on any atom is 0.231 e. The summed E-state index contributed by atoms with van der Waals surface area (Å²) >= 11 is 6.05. The highest BCUT2D eigenvalue weighted by Gasteiger charge is 2.28. The van der Waals surface area contributed by atoms with Crippen LogP contribution in [0, 0.1) is 5.82 Å². The third-order valence-corrected chi connectivity index (χ3v) is 5.62. The van der Waals surface area contributed by atoms with Gasteiger partial charge in [-0.25, -0.2) is 4.39 Å². The van der Waals surface area contributed by atoms with Crippen LogP contribution in [0.25, 0.3) is 17.0 Å². The molecule has 0 radical (unpaired) electrons. The molecule has 2 heterocycles. The van der Waals surface area contributed by atoms with Crippen LogP contribution in [0.3, 0.4) is 0 Å². The number of aryl methyl sites for hydroxylation is 1. The number of hydrogen-bond acceptors (Lipinski definition) is 3. The van der Waals surface area contributed by atoms with Crippen LogP contribution >= 0.6 is 11.6 Å². The molecule has 4 aromatic rings. The van der Waals surface area contributed by atoms with Crippen LogP contribution in [0.2, 0.25) is 5.02 Å². The minimum Gasteiger partial charge on any atom is -0.489 e. The van der Waals surface area contributed by atoms with Crippen LogP contribution in [0.15, 0.2) is 72.6 Å². The number of benzene rings is 3. The first-order valence-electron chi connectivity index (χ1n) is 9.69. The second kappa shape index (κ2) is 7.60. The van der Waals surface area contributed by atoms with E-state index in [0.717, 1.165) is 16.5 Å². The number of fused-ring (bicyclic) bond motifs is 2. The summed E-state index contributed by atoms with van der Waals surface area (Å²) in [6.07, 6.45) is 3.74. The first-order valence-corrected chi connectivity index (χ1v) is 10.1. The molecule has 4 nitrogen and oxygen atoms in total. The molecule has 31 heavy (non-hydrogen) atoms. The van der Waals surface area contributed by atoms with E-state index in [4.69, 9.17) is 21.1 Å². The minimum absolute atomic E-state index is 0.170. The molecule has 0 aliphatic carbocycles. The Bertz CT molecular complexity index is 1370. The van der Waals surface area contributed by atoms with E-state index in [0.29, 0.717) is 27.6 Å². The molecule has 0 saturated carbocycles. The molecule has 0 saturated heterocycles. The van der Waals surface area contributed by atoms with Crippen LogP contribution in [-0.4, -0.2) is 10.4 Å². The number of ketones is 1. The molecule has 0 bridgehead atoms. The van der Waals surface area contributed by atoms with Gasteiger partial charge in [0.1, 0.15) is 23.9 Å². The van der Waals surface area contributed by atoms with Gasteiger partial charge in [0.25, 0.3) is 0 Å². The van der Waals surface area contributed by atoms with E-state index in [1.807, 2.05) is 42.1 Å². The molecule has 154 valence electrons. The van der Waals surface area contributed by atoms with Gasteiger partial charge in [0, 0.05) is 41.3 Å². The Labute approximate surface area is 183 Å². The summed E-state index contributed by atoms with van der Waals surface area (Å²) in [5, 5.41) is 1.35. The predicted octanol–water partition coefficient (Wildman–Crippen LogP) is 6.17. The first-order chi connectivity index (χ1) is 15.0. The number of halogens is 2. The number of allylic oxidation sites excluding steroid dienone is 1. The fourth-order valence-electron chi connectivity index (χ4n) is 3.69. The van der Waals surface area contributed by atoms with E-state index in [-0.39, 0.29) is 18.1 Å². The Morgan fingerprint density at radius 3 is 2.81 bits per heavy atom. The summed E-state index contributed by atoms with van der Waals surface area (Å²) < 4.78 is 26.8. The van der Waals surface area contributed by atoms with Gasteiger partial charge < -0.3 is 14.0 Å². The largest absolute Gasteiger partial charge is 0.489 e. The molecule has 0 N–H and O–H groups in total. The molecule has 5 rings (SSSR count). The molecule has 0 unspecified atom stereocenters. The zero-order valence-corrected chi connectivity index (χ0v) is 17.3. The number of rotatable bonds is 4. The van der Waals surface area contributed by atoms with E-state index < -0.39 is 5.82 Å². The van der Waals surface area contributed by atoms with Gasteiger partial charge in [-0.05, 0) is 36.4 Å². The van der Waals surface area contributed by atoms with Gasteiger partial charge >= 0.3 is 0 Å². The van der Waals surface area contributed by atoms with Crippen molar-refractivity contribution in [3.05, 3.63) is 100 Å². The molecule has 1 aliphatic rings. The number of nitrogens with zero attached hydrogens (tertiary/aromatic N) is 1. The molecule has 0 atom stereocenters. The van der Waals surface area contributed by atoms with Crippen LogP contribution < -0.4 is 9.47 Å². The number of carbonyl (C=O) groups excluding carboxylic acids is 1.